The fourth-order valence-corrected chi connectivity index (χ4v) is 5.35. The SMILES string of the molecule is CC(=O)N[C@@H]1C[C@@H]2CN(Cc3cccc4cnccc34)C[C@@H]2C[C@H]1OCC1CC1.O=CO. The van der Waals surface area contributed by atoms with Crippen molar-refractivity contribution in [2.75, 3.05) is 19.7 Å². The zero-order chi connectivity index (χ0) is 22.5. The standard InChI is InChI=1S/C24H31N3O2.CH2O2/c1-16(28)26-23-9-20-13-27(14-21(20)10-24(23)29-15-17-5-6-17)12-19-4-2-3-18-11-25-8-7-22(18)19;2-1-3/h2-4,7-8,11,17,20-21,23-24H,5-6,9-10,12-15H2,1H3,(H,26,28);1H,(H,2,3)/t20-,21+,23-,24-;/m1./s1. The molecule has 5 rings (SSSR count). The fourth-order valence-electron chi connectivity index (χ4n) is 5.35. The second kappa shape index (κ2) is 10.4. The number of hydrogen-bond donors (Lipinski definition) is 2. The van der Waals surface area contributed by atoms with Crippen LogP contribution in [-0.2, 0) is 20.9 Å². The molecule has 2 heterocycles. The van der Waals surface area contributed by atoms with E-state index in [-0.39, 0.29) is 24.5 Å². The van der Waals surface area contributed by atoms with Crippen LogP contribution < -0.4 is 5.32 Å². The summed E-state index contributed by atoms with van der Waals surface area (Å²) in [6, 6.07) is 8.80. The van der Waals surface area contributed by atoms with E-state index in [0.717, 1.165) is 45.0 Å². The summed E-state index contributed by atoms with van der Waals surface area (Å²) in [6.07, 6.45) is 8.71. The van der Waals surface area contributed by atoms with Gasteiger partial charge in [0.1, 0.15) is 0 Å². The minimum absolute atomic E-state index is 0.0627. The Balaban J connectivity index is 0.000000775. The number of fused-ring (bicyclic) bond motifs is 2. The van der Waals surface area contributed by atoms with Gasteiger partial charge < -0.3 is 15.2 Å². The Labute approximate surface area is 189 Å². The first-order valence-electron chi connectivity index (χ1n) is 11.6. The first-order chi connectivity index (χ1) is 15.6. The molecule has 1 aliphatic heterocycles. The second-order valence-electron chi connectivity index (χ2n) is 9.43. The summed E-state index contributed by atoms with van der Waals surface area (Å²) in [4.78, 5) is 27.0. The molecule has 3 aliphatic rings. The van der Waals surface area contributed by atoms with Crippen LogP contribution in [0, 0.1) is 17.8 Å². The van der Waals surface area contributed by atoms with Gasteiger partial charge in [-0.05, 0) is 60.5 Å². The number of carbonyl (C=O) groups is 2. The number of nitrogens with one attached hydrogen (secondary N) is 1. The van der Waals surface area contributed by atoms with Gasteiger partial charge in [0, 0.05) is 50.9 Å². The summed E-state index contributed by atoms with van der Waals surface area (Å²) in [7, 11) is 0. The number of nitrogens with zero attached hydrogens (tertiary/aromatic N) is 2. The minimum atomic E-state index is -0.250. The van der Waals surface area contributed by atoms with Gasteiger partial charge in [-0.25, -0.2) is 0 Å². The van der Waals surface area contributed by atoms with Crippen molar-refractivity contribution >= 4 is 23.2 Å². The molecule has 4 atom stereocenters. The maximum atomic E-state index is 11.7. The van der Waals surface area contributed by atoms with Gasteiger partial charge >= 0.3 is 0 Å². The average Bonchev–Trinajstić information content (AvgIpc) is 3.52. The molecule has 3 fully saturated rings. The van der Waals surface area contributed by atoms with Crippen LogP contribution in [0.5, 0.6) is 0 Å². The first-order valence-corrected chi connectivity index (χ1v) is 11.6. The van der Waals surface area contributed by atoms with E-state index in [1.807, 2.05) is 12.4 Å². The molecule has 0 radical (unpaired) electrons. The van der Waals surface area contributed by atoms with Crippen LogP contribution >= 0.6 is 0 Å². The number of amides is 1. The minimum Gasteiger partial charge on any atom is -0.483 e. The van der Waals surface area contributed by atoms with Crippen LogP contribution in [0.15, 0.2) is 36.7 Å². The Bertz CT molecular complexity index is 927. The van der Waals surface area contributed by atoms with Gasteiger partial charge in [-0.1, -0.05) is 18.2 Å². The number of pyridine rings is 1. The number of benzene rings is 1. The number of carbonyl (C=O) groups excluding carboxylic acids is 1. The average molecular weight is 440 g/mol. The Morgan fingerprint density at radius 3 is 2.72 bits per heavy atom. The number of rotatable bonds is 6. The largest absolute Gasteiger partial charge is 0.483 e. The zero-order valence-corrected chi connectivity index (χ0v) is 18.7. The van der Waals surface area contributed by atoms with E-state index in [2.05, 4.69) is 39.5 Å². The molecule has 1 aromatic heterocycles. The van der Waals surface area contributed by atoms with Crippen LogP contribution in [-0.4, -0.2) is 59.2 Å². The third-order valence-corrected chi connectivity index (χ3v) is 6.99. The smallest absolute Gasteiger partial charge is 0.290 e. The van der Waals surface area contributed by atoms with Gasteiger partial charge in [-0.3, -0.25) is 19.5 Å². The number of likely N-dealkylation sites (tertiary alicyclic amines) is 1. The van der Waals surface area contributed by atoms with Crippen LogP contribution in [0.1, 0.15) is 38.2 Å². The van der Waals surface area contributed by atoms with E-state index in [1.165, 1.54) is 29.2 Å². The molecule has 2 N–H and O–H groups in total. The highest BCUT2D eigenvalue weighted by molar-refractivity contribution is 5.84. The lowest BCUT2D eigenvalue weighted by atomic mass is 9.77. The van der Waals surface area contributed by atoms with Crippen molar-refractivity contribution in [1.82, 2.24) is 15.2 Å². The Hall–Kier alpha value is -2.51. The van der Waals surface area contributed by atoms with E-state index in [9.17, 15) is 4.79 Å². The predicted octanol–water partition coefficient (Wildman–Crippen LogP) is 3.08. The molecular formula is C25H33N3O4. The third kappa shape index (κ3) is 5.64. The highest BCUT2D eigenvalue weighted by atomic mass is 16.5. The predicted molar refractivity (Wildman–Crippen MR) is 122 cm³/mol. The number of hydrogen-bond acceptors (Lipinski definition) is 5. The van der Waals surface area contributed by atoms with E-state index in [4.69, 9.17) is 14.6 Å². The van der Waals surface area contributed by atoms with Crippen molar-refractivity contribution in [2.45, 2.75) is 51.3 Å². The normalized spacial score (nSPS) is 27.3. The Kier molecular flexibility index (Phi) is 7.37. The van der Waals surface area contributed by atoms with Gasteiger partial charge in [0.05, 0.1) is 12.1 Å². The van der Waals surface area contributed by atoms with Crippen molar-refractivity contribution < 1.29 is 19.4 Å². The topological polar surface area (TPSA) is 91.8 Å². The summed E-state index contributed by atoms with van der Waals surface area (Å²) in [5, 5.41) is 12.6. The first kappa shape index (κ1) is 22.7. The van der Waals surface area contributed by atoms with Gasteiger partial charge in [-0.2, -0.15) is 0 Å². The highest BCUT2D eigenvalue weighted by Gasteiger charge is 2.43. The second-order valence-corrected chi connectivity index (χ2v) is 9.43. The maximum Gasteiger partial charge on any atom is 0.290 e. The molecule has 1 aromatic carbocycles. The van der Waals surface area contributed by atoms with E-state index >= 15 is 0 Å². The number of aromatic nitrogens is 1. The molecule has 1 amide bonds. The van der Waals surface area contributed by atoms with Crippen LogP contribution in [0.2, 0.25) is 0 Å². The van der Waals surface area contributed by atoms with Crippen LogP contribution in [0.25, 0.3) is 10.8 Å². The molecule has 0 spiro atoms. The zero-order valence-electron chi connectivity index (χ0n) is 18.7. The number of ether oxygens (including phenoxy) is 1. The summed E-state index contributed by atoms with van der Waals surface area (Å²) in [5.74, 6) is 2.13. The lowest BCUT2D eigenvalue weighted by molar-refractivity contribution is -0.123. The molecule has 7 heteroatoms. The van der Waals surface area contributed by atoms with Crippen molar-refractivity contribution in [1.29, 1.82) is 0 Å². The molecule has 32 heavy (non-hydrogen) atoms. The Morgan fingerprint density at radius 2 is 2.00 bits per heavy atom. The van der Waals surface area contributed by atoms with Crippen LogP contribution in [0.4, 0.5) is 0 Å². The highest BCUT2D eigenvalue weighted by Crippen LogP contribution is 2.39. The van der Waals surface area contributed by atoms with Gasteiger partial charge in [-0.15, -0.1) is 0 Å². The van der Waals surface area contributed by atoms with Crippen molar-refractivity contribution in [3.8, 4) is 0 Å². The monoisotopic (exact) mass is 439 g/mol. The van der Waals surface area contributed by atoms with E-state index in [1.54, 1.807) is 6.92 Å². The summed E-state index contributed by atoms with van der Waals surface area (Å²) >= 11 is 0. The van der Waals surface area contributed by atoms with Gasteiger partial charge in [0.15, 0.2) is 0 Å². The number of carboxylic acid groups (broad SMARTS) is 1. The molecular weight excluding hydrogens is 406 g/mol. The van der Waals surface area contributed by atoms with Crippen molar-refractivity contribution in [3.63, 3.8) is 0 Å². The van der Waals surface area contributed by atoms with E-state index in [0.29, 0.717) is 11.8 Å². The van der Waals surface area contributed by atoms with Gasteiger partial charge in [0.2, 0.25) is 5.91 Å². The molecule has 0 bridgehead atoms. The van der Waals surface area contributed by atoms with Crippen molar-refractivity contribution in [2.24, 2.45) is 17.8 Å². The Morgan fingerprint density at radius 1 is 1.25 bits per heavy atom. The summed E-state index contributed by atoms with van der Waals surface area (Å²) in [6.45, 7) is 5.46. The molecule has 1 saturated heterocycles. The third-order valence-electron chi connectivity index (χ3n) is 6.99. The van der Waals surface area contributed by atoms with E-state index < -0.39 is 0 Å². The fraction of sp³-hybridized carbons (Fsp3) is 0.560. The van der Waals surface area contributed by atoms with Crippen LogP contribution in [0.3, 0.4) is 0 Å². The lowest BCUT2D eigenvalue weighted by Gasteiger charge is -2.38. The summed E-state index contributed by atoms with van der Waals surface area (Å²) < 4.78 is 6.30. The van der Waals surface area contributed by atoms with Crippen molar-refractivity contribution in [3.05, 3.63) is 42.2 Å². The molecule has 2 saturated carbocycles. The van der Waals surface area contributed by atoms with Gasteiger partial charge in [0.25, 0.3) is 6.47 Å². The molecule has 2 aliphatic carbocycles. The lowest BCUT2D eigenvalue weighted by Crippen LogP contribution is -2.50. The molecule has 2 aromatic rings. The summed E-state index contributed by atoms with van der Waals surface area (Å²) in [5.41, 5.74) is 1.38. The quantitative estimate of drug-likeness (QED) is 0.672. The molecule has 172 valence electrons. The molecule has 7 nitrogen and oxygen atoms in total. The maximum absolute atomic E-state index is 11.7. The molecule has 0 unspecified atom stereocenters.